The SMILES string of the molecule is CCCCOCCCNC(=NC)NCc1cccc(Cn2ccnc2C)c1.I. The first-order chi connectivity index (χ1) is 13.2. The van der Waals surface area contributed by atoms with E-state index >= 15 is 0 Å². The van der Waals surface area contributed by atoms with Crippen molar-refractivity contribution < 1.29 is 4.74 Å². The number of rotatable bonds is 11. The topological polar surface area (TPSA) is 63.5 Å². The van der Waals surface area contributed by atoms with Crippen LogP contribution in [0.25, 0.3) is 0 Å². The summed E-state index contributed by atoms with van der Waals surface area (Å²) in [5, 5.41) is 6.71. The summed E-state index contributed by atoms with van der Waals surface area (Å²) >= 11 is 0. The van der Waals surface area contributed by atoms with Crippen LogP contribution in [0.3, 0.4) is 0 Å². The summed E-state index contributed by atoms with van der Waals surface area (Å²) < 4.78 is 7.73. The van der Waals surface area contributed by atoms with Crippen molar-refractivity contribution in [1.82, 2.24) is 20.2 Å². The maximum Gasteiger partial charge on any atom is 0.191 e. The molecule has 156 valence electrons. The number of hydrogen-bond donors (Lipinski definition) is 2. The molecule has 0 spiro atoms. The number of aryl methyl sites for hydroxylation is 1. The van der Waals surface area contributed by atoms with E-state index < -0.39 is 0 Å². The normalized spacial score (nSPS) is 11.2. The Morgan fingerprint density at radius 1 is 1.18 bits per heavy atom. The Morgan fingerprint density at radius 3 is 2.68 bits per heavy atom. The molecule has 0 aliphatic rings. The average molecular weight is 499 g/mol. The van der Waals surface area contributed by atoms with Gasteiger partial charge in [0.1, 0.15) is 5.82 Å². The van der Waals surface area contributed by atoms with E-state index in [1.807, 2.05) is 19.3 Å². The Bertz CT molecular complexity index is 702. The van der Waals surface area contributed by atoms with Gasteiger partial charge in [-0.15, -0.1) is 24.0 Å². The number of aliphatic imine (C=N–C) groups is 1. The summed E-state index contributed by atoms with van der Waals surface area (Å²) in [6.07, 6.45) is 7.14. The maximum absolute atomic E-state index is 5.58. The van der Waals surface area contributed by atoms with Crippen molar-refractivity contribution in [3.05, 3.63) is 53.6 Å². The Labute approximate surface area is 186 Å². The molecule has 0 fully saturated rings. The van der Waals surface area contributed by atoms with Crippen LogP contribution in [0.5, 0.6) is 0 Å². The van der Waals surface area contributed by atoms with E-state index in [0.717, 1.165) is 57.5 Å². The van der Waals surface area contributed by atoms with E-state index in [1.165, 1.54) is 17.5 Å². The molecule has 2 rings (SSSR count). The van der Waals surface area contributed by atoms with Gasteiger partial charge in [-0.25, -0.2) is 4.98 Å². The molecule has 1 heterocycles. The van der Waals surface area contributed by atoms with Gasteiger partial charge >= 0.3 is 0 Å². The molecule has 0 saturated carbocycles. The largest absolute Gasteiger partial charge is 0.381 e. The summed E-state index contributed by atoms with van der Waals surface area (Å²) in [6, 6.07) is 8.60. The third-order valence-electron chi connectivity index (χ3n) is 4.35. The van der Waals surface area contributed by atoms with Gasteiger partial charge < -0.3 is 19.9 Å². The highest BCUT2D eigenvalue weighted by atomic mass is 127. The highest BCUT2D eigenvalue weighted by Gasteiger charge is 2.02. The molecule has 0 saturated heterocycles. The summed E-state index contributed by atoms with van der Waals surface area (Å²) in [6.45, 7) is 8.28. The van der Waals surface area contributed by atoms with Crippen molar-refractivity contribution in [3.63, 3.8) is 0 Å². The Morgan fingerprint density at radius 2 is 1.96 bits per heavy atom. The van der Waals surface area contributed by atoms with E-state index in [1.54, 1.807) is 7.05 Å². The summed E-state index contributed by atoms with van der Waals surface area (Å²) in [7, 11) is 1.80. The molecule has 1 aromatic heterocycles. The second-order valence-corrected chi connectivity index (χ2v) is 6.59. The van der Waals surface area contributed by atoms with Crippen LogP contribution >= 0.6 is 24.0 Å². The fourth-order valence-electron chi connectivity index (χ4n) is 2.74. The molecular formula is C21H34IN5O. The summed E-state index contributed by atoms with van der Waals surface area (Å²) in [4.78, 5) is 8.57. The van der Waals surface area contributed by atoms with E-state index in [2.05, 4.69) is 56.4 Å². The zero-order chi connectivity index (χ0) is 19.3. The molecule has 0 amide bonds. The van der Waals surface area contributed by atoms with Gasteiger partial charge in [0.25, 0.3) is 0 Å². The first-order valence-corrected chi connectivity index (χ1v) is 9.80. The lowest BCUT2D eigenvalue weighted by atomic mass is 10.1. The van der Waals surface area contributed by atoms with Gasteiger partial charge in [0.2, 0.25) is 0 Å². The van der Waals surface area contributed by atoms with E-state index in [9.17, 15) is 0 Å². The van der Waals surface area contributed by atoms with Crippen LogP contribution in [0, 0.1) is 6.92 Å². The van der Waals surface area contributed by atoms with E-state index in [4.69, 9.17) is 4.74 Å². The molecule has 0 aliphatic heterocycles. The van der Waals surface area contributed by atoms with Crippen molar-refractivity contribution in [1.29, 1.82) is 0 Å². The number of ether oxygens (including phenoxy) is 1. The molecule has 2 N–H and O–H groups in total. The number of aromatic nitrogens is 2. The number of guanidine groups is 1. The van der Waals surface area contributed by atoms with Crippen molar-refractivity contribution in [2.45, 2.75) is 46.2 Å². The van der Waals surface area contributed by atoms with Crippen LogP contribution in [0.4, 0.5) is 0 Å². The van der Waals surface area contributed by atoms with E-state index in [-0.39, 0.29) is 24.0 Å². The maximum atomic E-state index is 5.58. The number of halogens is 1. The lowest BCUT2D eigenvalue weighted by molar-refractivity contribution is 0.129. The number of benzene rings is 1. The van der Waals surface area contributed by atoms with Gasteiger partial charge in [-0.1, -0.05) is 37.6 Å². The van der Waals surface area contributed by atoms with Crippen molar-refractivity contribution in [2.24, 2.45) is 4.99 Å². The van der Waals surface area contributed by atoms with Crippen LogP contribution in [0.15, 0.2) is 41.7 Å². The molecule has 0 atom stereocenters. The molecule has 1 aromatic carbocycles. The predicted molar refractivity (Wildman–Crippen MR) is 126 cm³/mol. The fraction of sp³-hybridized carbons (Fsp3) is 0.524. The Balaban J connectivity index is 0.00000392. The smallest absolute Gasteiger partial charge is 0.191 e. The fourth-order valence-corrected chi connectivity index (χ4v) is 2.74. The van der Waals surface area contributed by atoms with Gasteiger partial charge in [-0.05, 0) is 30.9 Å². The number of nitrogens with one attached hydrogen (secondary N) is 2. The molecule has 0 radical (unpaired) electrons. The minimum absolute atomic E-state index is 0. The van der Waals surface area contributed by atoms with Crippen molar-refractivity contribution >= 4 is 29.9 Å². The standard InChI is InChI=1S/C21H33N5O.HI/c1-4-5-13-27-14-7-10-24-21(22-3)25-16-19-8-6-9-20(15-19)17-26-12-11-23-18(26)2;/h6,8-9,11-12,15H,4-5,7,10,13-14,16-17H2,1-3H3,(H2,22,24,25);1H. The second kappa shape index (κ2) is 14.4. The van der Waals surface area contributed by atoms with Gasteiger partial charge in [0.15, 0.2) is 5.96 Å². The van der Waals surface area contributed by atoms with Gasteiger partial charge in [0, 0.05) is 52.3 Å². The predicted octanol–water partition coefficient (Wildman–Crippen LogP) is 3.73. The van der Waals surface area contributed by atoms with Crippen LogP contribution in [0.1, 0.15) is 43.1 Å². The first kappa shape index (κ1) is 24.4. The molecule has 0 bridgehead atoms. The van der Waals surface area contributed by atoms with Gasteiger partial charge in [-0.2, -0.15) is 0 Å². The van der Waals surface area contributed by atoms with Crippen LogP contribution < -0.4 is 10.6 Å². The lowest BCUT2D eigenvalue weighted by Gasteiger charge is -2.13. The number of hydrogen-bond acceptors (Lipinski definition) is 3. The molecule has 28 heavy (non-hydrogen) atoms. The van der Waals surface area contributed by atoms with Crippen LogP contribution in [-0.4, -0.2) is 42.3 Å². The van der Waals surface area contributed by atoms with Crippen LogP contribution in [0.2, 0.25) is 0 Å². The summed E-state index contributed by atoms with van der Waals surface area (Å²) in [5.41, 5.74) is 2.50. The van der Waals surface area contributed by atoms with E-state index in [0.29, 0.717) is 0 Å². The third kappa shape index (κ3) is 9.05. The lowest BCUT2D eigenvalue weighted by Crippen LogP contribution is -2.37. The summed E-state index contributed by atoms with van der Waals surface area (Å²) in [5.74, 6) is 1.85. The average Bonchev–Trinajstić information content (AvgIpc) is 3.08. The molecule has 6 nitrogen and oxygen atoms in total. The molecule has 0 unspecified atom stereocenters. The molecule has 0 aliphatic carbocycles. The third-order valence-corrected chi connectivity index (χ3v) is 4.35. The Hall–Kier alpha value is -1.61. The molecular weight excluding hydrogens is 465 g/mol. The minimum Gasteiger partial charge on any atom is -0.381 e. The van der Waals surface area contributed by atoms with Gasteiger partial charge in [0.05, 0.1) is 0 Å². The monoisotopic (exact) mass is 499 g/mol. The zero-order valence-corrected chi connectivity index (χ0v) is 19.6. The quantitative estimate of drug-likeness (QED) is 0.214. The van der Waals surface area contributed by atoms with Crippen LogP contribution in [-0.2, 0) is 17.8 Å². The second-order valence-electron chi connectivity index (χ2n) is 6.59. The highest BCUT2D eigenvalue weighted by molar-refractivity contribution is 14.0. The molecule has 2 aromatic rings. The van der Waals surface area contributed by atoms with Crippen molar-refractivity contribution in [2.75, 3.05) is 26.8 Å². The Kier molecular flexibility index (Phi) is 12.6. The number of imidazole rings is 1. The van der Waals surface area contributed by atoms with Gasteiger partial charge in [-0.3, -0.25) is 4.99 Å². The minimum atomic E-state index is 0. The molecule has 7 heteroatoms. The number of nitrogens with zero attached hydrogens (tertiary/aromatic N) is 3. The zero-order valence-electron chi connectivity index (χ0n) is 17.3. The highest BCUT2D eigenvalue weighted by Crippen LogP contribution is 2.08. The van der Waals surface area contributed by atoms with Crippen molar-refractivity contribution in [3.8, 4) is 0 Å². The first-order valence-electron chi connectivity index (χ1n) is 9.80. The number of unbranched alkanes of at least 4 members (excludes halogenated alkanes) is 1.